The molecule has 1 unspecified atom stereocenters. The number of thiazole rings is 1. The lowest BCUT2D eigenvalue weighted by molar-refractivity contribution is -0.130. The fourth-order valence-corrected chi connectivity index (χ4v) is 3.27. The van der Waals surface area contributed by atoms with E-state index in [2.05, 4.69) is 10.3 Å². The Bertz CT molecular complexity index is 337. The van der Waals surface area contributed by atoms with Gasteiger partial charge in [0.15, 0.2) is 0 Å². The number of rotatable bonds is 6. The van der Waals surface area contributed by atoms with Crippen molar-refractivity contribution in [2.24, 2.45) is 0 Å². The van der Waals surface area contributed by atoms with Gasteiger partial charge >= 0.3 is 0 Å². The van der Waals surface area contributed by atoms with Crippen molar-refractivity contribution in [3.8, 4) is 0 Å². The predicted octanol–water partition coefficient (Wildman–Crippen LogP) is 1.92. The minimum atomic E-state index is -0.207. The topological polar surface area (TPSA) is 51.2 Å². The lowest BCUT2D eigenvalue weighted by Crippen LogP contribution is -2.34. The number of nitrogens with one attached hydrogen (secondary N) is 1. The van der Waals surface area contributed by atoms with Crippen molar-refractivity contribution in [1.82, 2.24) is 10.3 Å². The molecule has 0 saturated carbocycles. The van der Waals surface area contributed by atoms with Gasteiger partial charge in [-0.15, -0.1) is 11.3 Å². The van der Waals surface area contributed by atoms with Crippen molar-refractivity contribution in [3.05, 3.63) is 11.6 Å². The van der Waals surface area contributed by atoms with E-state index in [4.69, 9.17) is 4.74 Å². The van der Waals surface area contributed by atoms with Crippen LogP contribution in [0.4, 0.5) is 0 Å². The quantitative estimate of drug-likeness (QED) is 0.635. The minimum Gasteiger partial charge on any atom is -0.368 e. The van der Waals surface area contributed by atoms with Crippen LogP contribution in [0, 0.1) is 0 Å². The van der Waals surface area contributed by atoms with Gasteiger partial charge in [0.05, 0.1) is 0 Å². The summed E-state index contributed by atoms with van der Waals surface area (Å²) in [6.45, 7) is 1.44. The molecule has 6 heteroatoms. The molecule has 1 amide bonds. The number of hydrogen-bond donors (Lipinski definition) is 1. The molecule has 2 heterocycles. The van der Waals surface area contributed by atoms with E-state index in [1.807, 2.05) is 11.6 Å². The first kappa shape index (κ1) is 12.9. The first-order valence-corrected chi connectivity index (χ1v) is 7.64. The normalized spacial score (nSPS) is 19.4. The monoisotopic (exact) mass is 272 g/mol. The lowest BCUT2D eigenvalue weighted by Gasteiger charge is -2.09. The Kier molecular flexibility index (Phi) is 5.28. The highest BCUT2D eigenvalue weighted by atomic mass is 32.2. The molecular weight excluding hydrogens is 256 g/mol. The molecule has 0 bridgehead atoms. The second kappa shape index (κ2) is 6.98. The number of carbonyl (C=O) groups excluding carboxylic acids is 1. The van der Waals surface area contributed by atoms with Crippen LogP contribution in [0.25, 0.3) is 0 Å². The first-order valence-electron chi connectivity index (χ1n) is 5.78. The number of hydrogen-bond acceptors (Lipinski definition) is 5. The molecule has 0 radical (unpaired) electrons. The average Bonchev–Trinajstić information content (AvgIpc) is 3.01. The molecule has 0 spiro atoms. The number of thioether (sulfide) groups is 1. The zero-order valence-electron chi connectivity index (χ0n) is 9.55. The number of nitrogens with zero attached hydrogens (tertiary/aromatic N) is 1. The van der Waals surface area contributed by atoms with Gasteiger partial charge in [0.25, 0.3) is 0 Å². The molecular formula is C11H16N2O2S2. The van der Waals surface area contributed by atoms with Crippen LogP contribution in [0.15, 0.2) is 15.9 Å². The SMILES string of the molecule is O=C(NCCCSc1nccs1)C1CCCO1. The maximum atomic E-state index is 11.6. The summed E-state index contributed by atoms with van der Waals surface area (Å²) in [6, 6.07) is 0. The van der Waals surface area contributed by atoms with E-state index in [0.717, 1.165) is 42.5 Å². The highest BCUT2D eigenvalue weighted by molar-refractivity contribution is 8.00. The predicted molar refractivity (Wildman–Crippen MR) is 69.4 cm³/mol. The highest BCUT2D eigenvalue weighted by Gasteiger charge is 2.22. The summed E-state index contributed by atoms with van der Waals surface area (Å²) in [7, 11) is 0. The fraction of sp³-hybridized carbons (Fsp3) is 0.636. The van der Waals surface area contributed by atoms with Gasteiger partial charge in [-0.25, -0.2) is 4.98 Å². The molecule has 1 aromatic rings. The zero-order chi connectivity index (χ0) is 11.9. The zero-order valence-corrected chi connectivity index (χ0v) is 11.2. The van der Waals surface area contributed by atoms with Gasteiger partial charge in [-0.2, -0.15) is 0 Å². The van der Waals surface area contributed by atoms with Crippen LogP contribution in [0.5, 0.6) is 0 Å². The summed E-state index contributed by atoms with van der Waals surface area (Å²) >= 11 is 3.39. The fourth-order valence-electron chi connectivity index (χ4n) is 1.62. The molecule has 0 aliphatic carbocycles. The van der Waals surface area contributed by atoms with Crippen molar-refractivity contribution in [3.63, 3.8) is 0 Å². The molecule has 1 aliphatic heterocycles. The Morgan fingerprint density at radius 3 is 3.35 bits per heavy atom. The third-order valence-corrected chi connectivity index (χ3v) is 4.53. The van der Waals surface area contributed by atoms with Gasteiger partial charge in [0, 0.05) is 30.5 Å². The van der Waals surface area contributed by atoms with E-state index >= 15 is 0 Å². The summed E-state index contributed by atoms with van der Waals surface area (Å²) < 4.78 is 6.40. The molecule has 1 aromatic heterocycles. The molecule has 1 aliphatic rings. The van der Waals surface area contributed by atoms with Crippen LogP contribution in [-0.2, 0) is 9.53 Å². The van der Waals surface area contributed by atoms with Crippen molar-refractivity contribution in [2.75, 3.05) is 18.9 Å². The maximum Gasteiger partial charge on any atom is 0.249 e. The second-order valence-electron chi connectivity index (χ2n) is 3.79. The average molecular weight is 272 g/mol. The maximum absolute atomic E-state index is 11.6. The summed E-state index contributed by atoms with van der Waals surface area (Å²) in [4.78, 5) is 15.8. The Hall–Kier alpha value is -0.590. The summed E-state index contributed by atoms with van der Waals surface area (Å²) in [6.07, 6.45) is 4.42. The van der Waals surface area contributed by atoms with Crippen molar-refractivity contribution < 1.29 is 9.53 Å². The van der Waals surface area contributed by atoms with Gasteiger partial charge in [0.1, 0.15) is 10.4 Å². The van der Waals surface area contributed by atoms with Crippen LogP contribution in [0.1, 0.15) is 19.3 Å². The molecule has 4 nitrogen and oxygen atoms in total. The first-order chi connectivity index (χ1) is 8.36. The summed E-state index contributed by atoms with van der Waals surface area (Å²) in [5, 5.41) is 4.88. The molecule has 0 aromatic carbocycles. The number of carbonyl (C=O) groups is 1. The van der Waals surface area contributed by atoms with Crippen molar-refractivity contribution in [1.29, 1.82) is 0 Å². The molecule has 94 valence electrons. The van der Waals surface area contributed by atoms with E-state index in [-0.39, 0.29) is 12.0 Å². The van der Waals surface area contributed by atoms with Gasteiger partial charge in [-0.3, -0.25) is 4.79 Å². The van der Waals surface area contributed by atoms with Crippen LogP contribution in [-0.4, -0.2) is 35.9 Å². The molecule has 1 saturated heterocycles. The summed E-state index contributed by atoms with van der Waals surface area (Å²) in [5.41, 5.74) is 0. The minimum absolute atomic E-state index is 0.0433. The molecule has 2 rings (SSSR count). The van der Waals surface area contributed by atoms with E-state index in [1.54, 1.807) is 23.1 Å². The number of aromatic nitrogens is 1. The van der Waals surface area contributed by atoms with Gasteiger partial charge < -0.3 is 10.1 Å². The second-order valence-corrected chi connectivity index (χ2v) is 6.03. The Morgan fingerprint density at radius 1 is 1.71 bits per heavy atom. The Balaban J connectivity index is 1.52. The van der Waals surface area contributed by atoms with E-state index in [1.165, 1.54) is 0 Å². The number of ether oxygens (including phenoxy) is 1. The van der Waals surface area contributed by atoms with Crippen LogP contribution >= 0.6 is 23.1 Å². The van der Waals surface area contributed by atoms with Crippen LogP contribution in [0.3, 0.4) is 0 Å². The van der Waals surface area contributed by atoms with Gasteiger partial charge in [-0.1, -0.05) is 11.8 Å². The van der Waals surface area contributed by atoms with Crippen molar-refractivity contribution in [2.45, 2.75) is 29.7 Å². The van der Waals surface area contributed by atoms with Crippen molar-refractivity contribution >= 4 is 29.0 Å². The molecule has 1 fully saturated rings. The third kappa shape index (κ3) is 4.29. The number of amides is 1. The van der Waals surface area contributed by atoms with Crippen LogP contribution < -0.4 is 5.32 Å². The lowest BCUT2D eigenvalue weighted by atomic mass is 10.2. The Labute approximate surface area is 109 Å². The van der Waals surface area contributed by atoms with E-state index in [9.17, 15) is 4.79 Å². The smallest absolute Gasteiger partial charge is 0.249 e. The molecule has 1 N–H and O–H groups in total. The van der Waals surface area contributed by atoms with E-state index < -0.39 is 0 Å². The van der Waals surface area contributed by atoms with Crippen LogP contribution in [0.2, 0.25) is 0 Å². The molecule has 1 atom stereocenters. The highest BCUT2D eigenvalue weighted by Crippen LogP contribution is 2.20. The molecule has 17 heavy (non-hydrogen) atoms. The van der Waals surface area contributed by atoms with E-state index in [0.29, 0.717) is 0 Å². The van der Waals surface area contributed by atoms with Gasteiger partial charge in [0.2, 0.25) is 5.91 Å². The summed E-state index contributed by atoms with van der Waals surface area (Å²) in [5.74, 6) is 1.03. The van der Waals surface area contributed by atoms with Gasteiger partial charge in [-0.05, 0) is 19.3 Å². The third-order valence-electron chi connectivity index (χ3n) is 2.48. The largest absolute Gasteiger partial charge is 0.368 e. The standard InChI is InChI=1S/C11H16N2O2S2/c14-10(9-3-1-6-15-9)12-4-2-7-16-11-13-5-8-17-11/h5,8-9H,1-4,6-7H2,(H,12,14). The Morgan fingerprint density at radius 2 is 2.65 bits per heavy atom.